The minimum Gasteiger partial charge on any atom is -0.207 e. The second-order valence-corrected chi connectivity index (χ2v) is 8.17. The number of benzene rings is 2. The zero-order valence-electron chi connectivity index (χ0n) is 13.7. The van der Waals surface area contributed by atoms with Crippen molar-refractivity contribution in [3.05, 3.63) is 65.2 Å². The van der Waals surface area contributed by atoms with E-state index in [4.69, 9.17) is 0 Å². The Labute approximate surface area is 139 Å². The zero-order chi connectivity index (χ0) is 16.4. The van der Waals surface area contributed by atoms with E-state index in [2.05, 4.69) is 19.9 Å². The third kappa shape index (κ3) is 3.19. The Balaban J connectivity index is 1.85. The first kappa shape index (κ1) is 16.2. The van der Waals surface area contributed by atoms with E-state index in [1.54, 1.807) is 16.4 Å². The Morgan fingerprint density at radius 1 is 1.04 bits per heavy atom. The lowest BCUT2D eigenvalue weighted by Crippen LogP contribution is -2.35. The first-order chi connectivity index (χ1) is 11.0. The van der Waals surface area contributed by atoms with Gasteiger partial charge in [0.1, 0.15) is 0 Å². The number of nitrogens with zero attached hydrogens (tertiary/aromatic N) is 1. The van der Waals surface area contributed by atoms with Crippen LogP contribution in [-0.4, -0.2) is 19.3 Å². The lowest BCUT2D eigenvalue weighted by atomic mass is 9.99. The van der Waals surface area contributed by atoms with Gasteiger partial charge in [0.2, 0.25) is 10.0 Å². The lowest BCUT2D eigenvalue weighted by molar-refractivity contribution is 0.391. The maximum absolute atomic E-state index is 12.9. The van der Waals surface area contributed by atoms with Crippen molar-refractivity contribution < 1.29 is 8.42 Å². The molecule has 3 nitrogen and oxygen atoms in total. The fourth-order valence-corrected chi connectivity index (χ4v) is 4.45. The van der Waals surface area contributed by atoms with Gasteiger partial charge in [-0.3, -0.25) is 0 Å². The Kier molecular flexibility index (Phi) is 4.55. The molecule has 0 saturated heterocycles. The molecule has 0 fully saturated rings. The van der Waals surface area contributed by atoms with Crippen molar-refractivity contribution in [3.8, 4) is 0 Å². The molecule has 1 aliphatic rings. The summed E-state index contributed by atoms with van der Waals surface area (Å²) in [6.45, 7) is 5.31. The van der Waals surface area contributed by atoms with Crippen molar-refractivity contribution in [1.29, 1.82) is 0 Å². The van der Waals surface area contributed by atoms with Crippen molar-refractivity contribution >= 4 is 10.0 Å². The van der Waals surface area contributed by atoms with Crippen LogP contribution in [0.3, 0.4) is 0 Å². The van der Waals surface area contributed by atoms with Crippen molar-refractivity contribution in [1.82, 2.24) is 4.31 Å². The molecule has 23 heavy (non-hydrogen) atoms. The van der Waals surface area contributed by atoms with Crippen LogP contribution in [-0.2, 0) is 23.0 Å². The largest absolute Gasteiger partial charge is 0.243 e. The van der Waals surface area contributed by atoms with Gasteiger partial charge in [-0.1, -0.05) is 50.2 Å². The first-order valence-corrected chi connectivity index (χ1v) is 9.63. The average molecular weight is 329 g/mol. The standard InChI is InChI=1S/C19H23NO2S/c1-3-15(2)16-8-10-19(11-9-16)23(21,22)20-13-12-17-6-4-5-7-18(17)14-20/h4-11,15H,3,12-14H2,1-2H3. The molecule has 0 amide bonds. The molecule has 4 heteroatoms. The molecule has 0 aromatic heterocycles. The van der Waals surface area contributed by atoms with Crippen LogP contribution in [0.2, 0.25) is 0 Å². The molecule has 1 atom stereocenters. The summed E-state index contributed by atoms with van der Waals surface area (Å²) in [5.41, 5.74) is 3.56. The van der Waals surface area contributed by atoms with Gasteiger partial charge in [0.15, 0.2) is 0 Å². The summed E-state index contributed by atoms with van der Waals surface area (Å²) in [6, 6.07) is 15.5. The minimum absolute atomic E-state index is 0.393. The van der Waals surface area contributed by atoms with E-state index in [0.717, 1.165) is 18.4 Å². The van der Waals surface area contributed by atoms with E-state index in [1.165, 1.54) is 11.1 Å². The zero-order valence-corrected chi connectivity index (χ0v) is 14.5. The number of hydrogen-bond acceptors (Lipinski definition) is 2. The highest BCUT2D eigenvalue weighted by atomic mass is 32.2. The quantitative estimate of drug-likeness (QED) is 0.852. The fraction of sp³-hybridized carbons (Fsp3) is 0.368. The molecule has 0 aliphatic carbocycles. The molecular formula is C19H23NO2S. The Morgan fingerprint density at radius 2 is 1.70 bits per heavy atom. The third-order valence-corrected chi connectivity index (χ3v) is 6.65. The maximum atomic E-state index is 12.9. The van der Waals surface area contributed by atoms with Crippen molar-refractivity contribution in [2.45, 2.75) is 44.0 Å². The molecule has 0 bridgehead atoms. The van der Waals surface area contributed by atoms with Gasteiger partial charge >= 0.3 is 0 Å². The number of hydrogen-bond donors (Lipinski definition) is 0. The van der Waals surface area contributed by atoms with Crippen LogP contribution in [0.1, 0.15) is 42.9 Å². The van der Waals surface area contributed by atoms with Gasteiger partial charge in [-0.25, -0.2) is 8.42 Å². The summed E-state index contributed by atoms with van der Waals surface area (Å²) in [7, 11) is -3.42. The van der Waals surface area contributed by atoms with Crippen LogP contribution in [0, 0.1) is 0 Å². The van der Waals surface area contributed by atoms with Gasteiger partial charge in [0, 0.05) is 13.1 Å². The third-order valence-electron chi connectivity index (χ3n) is 4.79. The van der Waals surface area contributed by atoms with E-state index in [-0.39, 0.29) is 0 Å². The fourth-order valence-electron chi connectivity index (χ4n) is 3.03. The average Bonchev–Trinajstić information content (AvgIpc) is 2.60. The smallest absolute Gasteiger partial charge is 0.207 e. The highest BCUT2D eigenvalue weighted by Gasteiger charge is 2.28. The predicted molar refractivity (Wildman–Crippen MR) is 92.9 cm³/mol. The van der Waals surface area contributed by atoms with Crippen LogP contribution < -0.4 is 0 Å². The van der Waals surface area contributed by atoms with Gasteiger partial charge in [-0.2, -0.15) is 4.31 Å². The van der Waals surface area contributed by atoms with E-state index in [0.29, 0.717) is 23.9 Å². The summed E-state index contributed by atoms with van der Waals surface area (Å²) in [4.78, 5) is 0.393. The normalized spacial score (nSPS) is 16.8. The molecule has 1 heterocycles. The minimum atomic E-state index is -3.42. The van der Waals surface area contributed by atoms with Gasteiger partial charge in [-0.15, -0.1) is 0 Å². The van der Waals surface area contributed by atoms with Crippen molar-refractivity contribution in [2.75, 3.05) is 6.54 Å². The molecule has 3 rings (SSSR count). The Morgan fingerprint density at radius 3 is 2.35 bits per heavy atom. The summed E-state index contributed by atoms with van der Waals surface area (Å²) >= 11 is 0. The van der Waals surface area contributed by atoms with E-state index >= 15 is 0 Å². The van der Waals surface area contributed by atoms with E-state index < -0.39 is 10.0 Å². The second-order valence-electron chi connectivity index (χ2n) is 6.24. The van der Waals surface area contributed by atoms with Gasteiger partial charge in [-0.05, 0) is 47.6 Å². The monoisotopic (exact) mass is 329 g/mol. The molecule has 0 N–H and O–H groups in total. The molecule has 0 spiro atoms. The van der Waals surface area contributed by atoms with E-state index in [1.807, 2.05) is 30.3 Å². The van der Waals surface area contributed by atoms with Crippen LogP contribution in [0.4, 0.5) is 0 Å². The molecule has 122 valence electrons. The van der Waals surface area contributed by atoms with Crippen molar-refractivity contribution in [2.24, 2.45) is 0 Å². The molecular weight excluding hydrogens is 306 g/mol. The topological polar surface area (TPSA) is 37.4 Å². The lowest BCUT2D eigenvalue weighted by Gasteiger charge is -2.28. The maximum Gasteiger partial charge on any atom is 0.243 e. The Bertz CT molecular complexity index is 781. The van der Waals surface area contributed by atoms with Crippen LogP contribution in [0.25, 0.3) is 0 Å². The van der Waals surface area contributed by atoms with Crippen molar-refractivity contribution in [3.63, 3.8) is 0 Å². The first-order valence-electron chi connectivity index (χ1n) is 8.19. The number of sulfonamides is 1. The number of fused-ring (bicyclic) bond motifs is 1. The molecule has 2 aromatic rings. The summed E-state index contributed by atoms with van der Waals surface area (Å²) in [5, 5.41) is 0. The summed E-state index contributed by atoms with van der Waals surface area (Å²) < 4.78 is 27.3. The molecule has 0 saturated carbocycles. The van der Waals surface area contributed by atoms with E-state index in [9.17, 15) is 8.42 Å². The van der Waals surface area contributed by atoms with Gasteiger partial charge in [0.05, 0.1) is 4.90 Å². The van der Waals surface area contributed by atoms with Gasteiger partial charge < -0.3 is 0 Å². The van der Waals surface area contributed by atoms with Crippen LogP contribution >= 0.6 is 0 Å². The highest BCUT2D eigenvalue weighted by molar-refractivity contribution is 7.89. The van der Waals surface area contributed by atoms with Crippen LogP contribution in [0.5, 0.6) is 0 Å². The molecule has 1 unspecified atom stereocenters. The SMILES string of the molecule is CCC(C)c1ccc(S(=O)(=O)N2CCc3ccccc3C2)cc1. The summed E-state index contributed by atoms with van der Waals surface area (Å²) in [6.07, 6.45) is 1.83. The van der Waals surface area contributed by atoms with Gasteiger partial charge in [0.25, 0.3) is 0 Å². The predicted octanol–water partition coefficient (Wildman–Crippen LogP) is 3.95. The molecule has 2 aromatic carbocycles. The van der Waals surface area contributed by atoms with Crippen LogP contribution in [0.15, 0.2) is 53.4 Å². The second kappa shape index (κ2) is 6.46. The summed E-state index contributed by atoms with van der Waals surface area (Å²) in [5.74, 6) is 0.452. The Hall–Kier alpha value is -1.65. The molecule has 0 radical (unpaired) electrons. The molecule has 1 aliphatic heterocycles. The highest BCUT2D eigenvalue weighted by Crippen LogP contribution is 2.26. The number of rotatable bonds is 4.